The zero-order valence-corrected chi connectivity index (χ0v) is 9.54. The smallest absolute Gasteiger partial charge is 0.0576 e. The van der Waals surface area contributed by atoms with Crippen LogP contribution in [-0.2, 0) is 0 Å². The summed E-state index contributed by atoms with van der Waals surface area (Å²) in [5.74, 6) is 0.618. The summed E-state index contributed by atoms with van der Waals surface area (Å²) in [5.41, 5.74) is 9.39. The number of aromatic nitrogens is 1. The molecule has 1 atom stereocenters. The zero-order valence-electron chi connectivity index (χ0n) is 9.54. The van der Waals surface area contributed by atoms with Crippen molar-refractivity contribution in [1.82, 2.24) is 4.98 Å². The molecule has 0 bridgehead atoms. The van der Waals surface area contributed by atoms with Crippen LogP contribution in [0.2, 0.25) is 0 Å². The van der Waals surface area contributed by atoms with Gasteiger partial charge in [0.25, 0.3) is 0 Å². The van der Waals surface area contributed by atoms with E-state index in [1.54, 1.807) is 0 Å². The second kappa shape index (κ2) is 4.56. The third kappa shape index (κ3) is 3.11. The average Bonchev–Trinajstić information content (AvgIpc) is 2.00. The lowest BCUT2D eigenvalue weighted by molar-refractivity contribution is 0.501. The maximum Gasteiger partial charge on any atom is 0.0576 e. The summed E-state index contributed by atoms with van der Waals surface area (Å²) in [6.45, 7) is 8.46. The molecule has 0 radical (unpaired) electrons. The molecule has 0 aliphatic rings. The third-order valence-electron chi connectivity index (χ3n) is 2.22. The van der Waals surface area contributed by atoms with Gasteiger partial charge in [0, 0.05) is 11.7 Å². The molecule has 0 saturated heterocycles. The minimum Gasteiger partial charge on any atom is -0.323 e. The van der Waals surface area contributed by atoms with Crippen molar-refractivity contribution in [2.75, 3.05) is 0 Å². The normalized spacial score (nSPS) is 13.3. The first-order valence-corrected chi connectivity index (χ1v) is 5.20. The van der Waals surface area contributed by atoms with Gasteiger partial charge in [-0.1, -0.05) is 13.8 Å². The van der Waals surface area contributed by atoms with E-state index in [-0.39, 0.29) is 6.04 Å². The average molecular weight is 192 g/mol. The van der Waals surface area contributed by atoms with Crippen molar-refractivity contribution in [2.24, 2.45) is 11.7 Å². The molecule has 78 valence electrons. The van der Waals surface area contributed by atoms with Gasteiger partial charge in [-0.15, -0.1) is 0 Å². The number of pyridine rings is 1. The minimum atomic E-state index is 0.0774. The first kappa shape index (κ1) is 11.2. The summed E-state index contributed by atoms with van der Waals surface area (Å²) in [6, 6.07) is 4.24. The fraction of sp³-hybridized carbons (Fsp3) is 0.583. The van der Waals surface area contributed by atoms with Gasteiger partial charge in [-0.2, -0.15) is 0 Å². The predicted molar refractivity (Wildman–Crippen MR) is 60.1 cm³/mol. The fourth-order valence-electron chi connectivity index (χ4n) is 1.69. The molecule has 0 fully saturated rings. The highest BCUT2D eigenvalue weighted by Gasteiger charge is 2.10. The second-order valence-corrected chi connectivity index (χ2v) is 4.45. The Bertz CT molecular complexity index is 285. The maximum absolute atomic E-state index is 6.07. The minimum absolute atomic E-state index is 0.0774. The highest BCUT2D eigenvalue weighted by Crippen LogP contribution is 2.18. The second-order valence-electron chi connectivity index (χ2n) is 4.45. The molecule has 1 aromatic rings. The molecule has 0 saturated carbocycles. The molecule has 2 N–H and O–H groups in total. The van der Waals surface area contributed by atoms with E-state index in [4.69, 9.17) is 5.73 Å². The van der Waals surface area contributed by atoms with Gasteiger partial charge in [0.2, 0.25) is 0 Å². The van der Waals surface area contributed by atoms with Crippen LogP contribution >= 0.6 is 0 Å². The molecule has 1 unspecified atom stereocenters. The van der Waals surface area contributed by atoms with E-state index >= 15 is 0 Å². The molecular formula is C12H20N2. The van der Waals surface area contributed by atoms with Gasteiger partial charge >= 0.3 is 0 Å². The third-order valence-corrected chi connectivity index (χ3v) is 2.22. The molecule has 0 aliphatic heterocycles. The lowest BCUT2D eigenvalue weighted by Crippen LogP contribution is -2.15. The van der Waals surface area contributed by atoms with Crippen LogP contribution in [0, 0.1) is 19.8 Å². The van der Waals surface area contributed by atoms with Crippen molar-refractivity contribution in [3.63, 3.8) is 0 Å². The molecule has 1 aromatic heterocycles. The number of hydrogen-bond acceptors (Lipinski definition) is 2. The standard InChI is InChI=1S/C12H20N2/c1-8(2)5-11(13)12-7-9(3)6-10(4)14-12/h6-8,11H,5,13H2,1-4H3. The Labute approximate surface area is 86.5 Å². The largest absolute Gasteiger partial charge is 0.323 e. The van der Waals surface area contributed by atoms with Crippen LogP contribution in [0.1, 0.15) is 43.3 Å². The molecule has 0 amide bonds. The molecule has 0 spiro atoms. The van der Waals surface area contributed by atoms with Gasteiger partial charge in [-0.05, 0) is 43.9 Å². The maximum atomic E-state index is 6.07. The van der Waals surface area contributed by atoms with Gasteiger partial charge < -0.3 is 5.73 Å². The summed E-state index contributed by atoms with van der Waals surface area (Å²) in [6.07, 6.45) is 0.996. The van der Waals surface area contributed by atoms with Gasteiger partial charge in [0.1, 0.15) is 0 Å². The van der Waals surface area contributed by atoms with Crippen LogP contribution in [0.3, 0.4) is 0 Å². The Morgan fingerprint density at radius 1 is 1.29 bits per heavy atom. The SMILES string of the molecule is Cc1cc(C)nc(C(N)CC(C)C)c1. The van der Waals surface area contributed by atoms with Gasteiger partial charge in [0.15, 0.2) is 0 Å². The van der Waals surface area contributed by atoms with Crippen molar-refractivity contribution < 1.29 is 0 Å². The van der Waals surface area contributed by atoms with E-state index in [1.807, 2.05) is 6.92 Å². The Morgan fingerprint density at radius 3 is 2.43 bits per heavy atom. The number of aryl methyl sites for hydroxylation is 2. The molecule has 0 aliphatic carbocycles. The lowest BCUT2D eigenvalue weighted by Gasteiger charge is -2.14. The van der Waals surface area contributed by atoms with Crippen molar-refractivity contribution in [2.45, 2.75) is 40.2 Å². The van der Waals surface area contributed by atoms with E-state index in [0.717, 1.165) is 17.8 Å². The molecule has 0 aromatic carbocycles. The molecular weight excluding hydrogens is 172 g/mol. The summed E-state index contributed by atoms with van der Waals surface area (Å²) in [4.78, 5) is 4.46. The number of nitrogens with two attached hydrogens (primary N) is 1. The molecule has 14 heavy (non-hydrogen) atoms. The van der Waals surface area contributed by atoms with Gasteiger partial charge in [0.05, 0.1) is 5.69 Å². The Morgan fingerprint density at radius 2 is 1.93 bits per heavy atom. The summed E-state index contributed by atoms with van der Waals surface area (Å²) >= 11 is 0. The zero-order chi connectivity index (χ0) is 10.7. The van der Waals surface area contributed by atoms with E-state index in [1.165, 1.54) is 5.56 Å². The predicted octanol–water partition coefficient (Wildman–Crippen LogP) is 2.74. The number of rotatable bonds is 3. The summed E-state index contributed by atoms with van der Waals surface area (Å²) < 4.78 is 0. The Balaban J connectivity index is 2.84. The fourth-order valence-corrected chi connectivity index (χ4v) is 1.69. The lowest BCUT2D eigenvalue weighted by atomic mass is 10.0. The van der Waals surface area contributed by atoms with Crippen molar-refractivity contribution in [3.8, 4) is 0 Å². The number of nitrogens with zero attached hydrogens (tertiary/aromatic N) is 1. The van der Waals surface area contributed by atoms with Crippen LogP contribution in [0.5, 0.6) is 0 Å². The van der Waals surface area contributed by atoms with Crippen LogP contribution < -0.4 is 5.73 Å². The quantitative estimate of drug-likeness (QED) is 0.799. The highest BCUT2D eigenvalue weighted by atomic mass is 14.8. The van der Waals surface area contributed by atoms with Crippen LogP contribution in [0.15, 0.2) is 12.1 Å². The van der Waals surface area contributed by atoms with Crippen LogP contribution in [0.25, 0.3) is 0 Å². The van der Waals surface area contributed by atoms with Crippen molar-refractivity contribution in [1.29, 1.82) is 0 Å². The van der Waals surface area contributed by atoms with E-state index in [9.17, 15) is 0 Å². The van der Waals surface area contributed by atoms with Crippen molar-refractivity contribution >= 4 is 0 Å². The van der Waals surface area contributed by atoms with Crippen molar-refractivity contribution in [3.05, 3.63) is 29.1 Å². The van der Waals surface area contributed by atoms with E-state index < -0.39 is 0 Å². The summed E-state index contributed by atoms with van der Waals surface area (Å²) in [5, 5.41) is 0. The molecule has 1 heterocycles. The topological polar surface area (TPSA) is 38.9 Å². The van der Waals surface area contributed by atoms with Crippen LogP contribution in [-0.4, -0.2) is 4.98 Å². The number of hydrogen-bond donors (Lipinski definition) is 1. The molecule has 2 heteroatoms. The molecule has 1 rings (SSSR count). The highest BCUT2D eigenvalue weighted by molar-refractivity contribution is 5.21. The van der Waals surface area contributed by atoms with Gasteiger partial charge in [-0.3, -0.25) is 4.98 Å². The van der Waals surface area contributed by atoms with Crippen LogP contribution in [0.4, 0.5) is 0 Å². The van der Waals surface area contributed by atoms with E-state index in [2.05, 4.69) is 37.9 Å². The molecule has 2 nitrogen and oxygen atoms in total. The monoisotopic (exact) mass is 192 g/mol. The Kier molecular flexibility index (Phi) is 3.64. The first-order chi connectivity index (χ1) is 6.49. The first-order valence-electron chi connectivity index (χ1n) is 5.20. The van der Waals surface area contributed by atoms with Gasteiger partial charge in [-0.25, -0.2) is 0 Å². The van der Waals surface area contributed by atoms with E-state index in [0.29, 0.717) is 5.92 Å². The Hall–Kier alpha value is -0.890. The summed E-state index contributed by atoms with van der Waals surface area (Å²) in [7, 11) is 0.